The van der Waals surface area contributed by atoms with Gasteiger partial charge in [0.1, 0.15) is 0 Å². The quantitative estimate of drug-likeness (QED) is 0.869. The number of alkyl halides is 3. The van der Waals surface area contributed by atoms with Crippen LogP contribution in [0.15, 0.2) is 36.5 Å². The highest BCUT2D eigenvalue weighted by atomic mass is 19.4. The standard InChI is InChI=1S/C19H22F3N5O/c20-19(21,22)17-7-10-27(24-17)15-5-3-14(4-6-15)12-25-9-1-2-16(13-25)26-11-8-23-18(26)28/h3-7,10,16H,1-2,8-9,11-13H2,(H,23,28). The summed E-state index contributed by atoms with van der Waals surface area (Å²) in [5.41, 5.74) is 0.768. The molecule has 3 heterocycles. The van der Waals surface area contributed by atoms with Gasteiger partial charge in [-0.25, -0.2) is 9.48 Å². The molecule has 2 saturated heterocycles. The van der Waals surface area contributed by atoms with Crippen molar-refractivity contribution < 1.29 is 18.0 Å². The molecule has 2 fully saturated rings. The minimum absolute atomic E-state index is 0.0219. The van der Waals surface area contributed by atoms with Gasteiger partial charge < -0.3 is 10.2 Å². The number of carbonyl (C=O) groups is 1. The lowest BCUT2D eigenvalue weighted by Crippen LogP contribution is -2.48. The van der Waals surface area contributed by atoms with Crippen LogP contribution in [-0.2, 0) is 12.7 Å². The Bertz CT molecular complexity index is 833. The molecule has 2 aliphatic rings. The van der Waals surface area contributed by atoms with E-state index in [0.29, 0.717) is 12.2 Å². The van der Waals surface area contributed by atoms with Crippen molar-refractivity contribution in [2.45, 2.75) is 31.6 Å². The van der Waals surface area contributed by atoms with Gasteiger partial charge in [-0.15, -0.1) is 0 Å². The number of amides is 2. The van der Waals surface area contributed by atoms with Gasteiger partial charge in [0.2, 0.25) is 0 Å². The van der Waals surface area contributed by atoms with Gasteiger partial charge in [-0.05, 0) is 43.1 Å². The van der Waals surface area contributed by atoms with E-state index in [4.69, 9.17) is 0 Å². The Morgan fingerprint density at radius 3 is 2.57 bits per heavy atom. The third kappa shape index (κ3) is 3.99. The topological polar surface area (TPSA) is 53.4 Å². The van der Waals surface area contributed by atoms with E-state index in [2.05, 4.69) is 15.3 Å². The van der Waals surface area contributed by atoms with Crippen LogP contribution in [-0.4, -0.2) is 57.8 Å². The Hall–Kier alpha value is -2.55. The van der Waals surface area contributed by atoms with Gasteiger partial charge >= 0.3 is 12.2 Å². The number of rotatable bonds is 4. The number of hydrogen-bond donors (Lipinski definition) is 1. The summed E-state index contributed by atoms with van der Waals surface area (Å²) in [4.78, 5) is 16.1. The molecule has 1 aromatic heterocycles. The fraction of sp³-hybridized carbons (Fsp3) is 0.474. The predicted octanol–water partition coefficient (Wildman–Crippen LogP) is 2.88. The van der Waals surface area contributed by atoms with Gasteiger partial charge in [0.05, 0.1) is 5.69 Å². The predicted molar refractivity (Wildman–Crippen MR) is 97.0 cm³/mol. The first-order valence-electron chi connectivity index (χ1n) is 9.39. The van der Waals surface area contributed by atoms with Crippen LogP contribution >= 0.6 is 0 Å². The first kappa shape index (κ1) is 18.8. The second kappa shape index (κ2) is 7.46. The van der Waals surface area contributed by atoms with Crippen LogP contribution in [0.3, 0.4) is 0 Å². The van der Waals surface area contributed by atoms with Crippen LogP contribution in [0, 0.1) is 0 Å². The lowest BCUT2D eigenvalue weighted by atomic mass is 10.0. The van der Waals surface area contributed by atoms with E-state index in [9.17, 15) is 18.0 Å². The van der Waals surface area contributed by atoms with E-state index in [-0.39, 0.29) is 12.1 Å². The SMILES string of the molecule is O=C1NCCN1C1CCCN(Cc2ccc(-n3ccc(C(F)(F)F)n3)cc2)C1. The lowest BCUT2D eigenvalue weighted by Gasteiger charge is -2.37. The Balaban J connectivity index is 1.39. The summed E-state index contributed by atoms with van der Waals surface area (Å²) >= 11 is 0. The maximum absolute atomic E-state index is 12.7. The molecule has 2 aliphatic heterocycles. The molecule has 2 amide bonds. The summed E-state index contributed by atoms with van der Waals surface area (Å²) in [5.74, 6) is 0. The molecule has 28 heavy (non-hydrogen) atoms. The second-order valence-electron chi connectivity index (χ2n) is 7.27. The van der Waals surface area contributed by atoms with E-state index in [1.165, 1.54) is 10.9 Å². The molecule has 1 N–H and O–H groups in total. The summed E-state index contributed by atoms with van der Waals surface area (Å²) in [6, 6.07) is 8.60. The van der Waals surface area contributed by atoms with Crippen molar-refractivity contribution in [1.29, 1.82) is 0 Å². The summed E-state index contributed by atoms with van der Waals surface area (Å²) in [6.45, 7) is 4.03. The highest BCUT2D eigenvalue weighted by molar-refractivity contribution is 5.76. The second-order valence-corrected chi connectivity index (χ2v) is 7.27. The van der Waals surface area contributed by atoms with Crippen LogP contribution in [0.25, 0.3) is 5.69 Å². The highest BCUT2D eigenvalue weighted by Crippen LogP contribution is 2.28. The minimum atomic E-state index is -4.44. The zero-order valence-electron chi connectivity index (χ0n) is 15.3. The van der Waals surface area contributed by atoms with Crippen LogP contribution < -0.4 is 5.32 Å². The molecule has 0 aliphatic carbocycles. The largest absolute Gasteiger partial charge is 0.435 e. The number of nitrogens with zero attached hydrogens (tertiary/aromatic N) is 4. The monoisotopic (exact) mass is 393 g/mol. The molecular weight excluding hydrogens is 371 g/mol. The van der Waals surface area contributed by atoms with Crippen molar-refractivity contribution in [3.63, 3.8) is 0 Å². The molecule has 150 valence electrons. The van der Waals surface area contributed by atoms with E-state index in [1.807, 2.05) is 17.0 Å². The van der Waals surface area contributed by atoms with Gasteiger partial charge in [-0.2, -0.15) is 18.3 Å². The highest BCUT2D eigenvalue weighted by Gasteiger charge is 2.34. The molecule has 1 unspecified atom stereocenters. The van der Waals surface area contributed by atoms with E-state index in [1.54, 1.807) is 12.1 Å². The number of aromatic nitrogens is 2. The van der Waals surface area contributed by atoms with Crippen LogP contribution in [0.1, 0.15) is 24.1 Å². The normalized spacial score (nSPS) is 21.2. The summed E-state index contributed by atoms with van der Waals surface area (Å²) in [6.07, 6.45) is -1.07. The molecule has 0 saturated carbocycles. The van der Waals surface area contributed by atoms with Crippen molar-refractivity contribution in [3.8, 4) is 5.69 Å². The maximum Gasteiger partial charge on any atom is 0.435 e. The molecule has 0 bridgehead atoms. The fourth-order valence-electron chi connectivity index (χ4n) is 3.90. The Morgan fingerprint density at radius 1 is 1.14 bits per heavy atom. The average Bonchev–Trinajstić information content (AvgIpc) is 3.32. The van der Waals surface area contributed by atoms with Crippen molar-refractivity contribution in [2.24, 2.45) is 0 Å². The number of carbonyl (C=O) groups excluding carboxylic acids is 1. The summed E-state index contributed by atoms with van der Waals surface area (Å²) in [7, 11) is 0. The number of piperidine rings is 1. The van der Waals surface area contributed by atoms with E-state index in [0.717, 1.165) is 50.7 Å². The molecule has 0 spiro atoms. The van der Waals surface area contributed by atoms with Crippen molar-refractivity contribution >= 4 is 6.03 Å². The molecule has 0 radical (unpaired) electrons. The number of nitrogens with one attached hydrogen (secondary N) is 1. The first-order valence-corrected chi connectivity index (χ1v) is 9.39. The van der Waals surface area contributed by atoms with E-state index >= 15 is 0 Å². The third-order valence-corrected chi connectivity index (χ3v) is 5.30. The summed E-state index contributed by atoms with van der Waals surface area (Å²) < 4.78 is 39.3. The Kier molecular flexibility index (Phi) is 5.01. The van der Waals surface area contributed by atoms with Gasteiger partial charge in [0.25, 0.3) is 0 Å². The number of halogens is 3. The number of hydrogen-bond acceptors (Lipinski definition) is 3. The number of likely N-dealkylation sites (tertiary alicyclic amines) is 1. The van der Waals surface area contributed by atoms with Crippen molar-refractivity contribution in [3.05, 3.63) is 47.8 Å². The molecule has 4 rings (SSSR count). The maximum atomic E-state index is 12.7. The number of urea groups is 1. The third-order valence-electron chi connectivity index (χ3n) is 5.30. The zero-order valence-corrected chi connectivity index (χ0v) is 15.3. The first-order chi connectivity index (χ1) is 13.4. The van der Waals surface area contributed by atoms with Gasteiger partial charge in [-0.3, -0.25) is 4.90 Å². The fourth-order valence-corrected chi connectivity index (χ4v) is 3.90. The van der Waals surface area contributed by atoms with Gasteiger partial charge in [0, 0.05) is 38.4 Å². The summed E-state index contributed by atoms with van der Waals surface area (Å²) in [5, 5.41) is 6.45. The van der Waals surface area contributed by atoms with E-state index < -0.39 is 11.9 Å². The smallest absolute Gasteiger partial charge is 0.336 e. The van der Waals surface area contributed by atoms with Crippen molar-refractivity contribution in [1.82, 2.24) is 24.9 Å². The molecule has 2 aromatic rings. The molecule has 1 atom stereocenters. The molecule has 9 heteroatoms. The minimum Gasteiger partial charge on any atom is -0.336 e. The Morgan fingerprint density at radius 2 is 1.93 bits per heavy atom. The van der Waals surface area contributed by atoms with Crippen LogP contribution in [0.5, 0.6) is 0 Å². The lowest BCUT2D eigenvalue weighted by molar-refractivity contribution is -0.141. The van der Waals surface area contributed by atoms with Crippen LogP contribution in [0.4, 0.5) is 18.0 Å². The molecular formula is C19H22F3N5O. The van der Waals surface area contributed by atoms with Crippen LogP contribution in [0.2, 0.25) is 0 Å². The van der Waals surface area contributed by atoms with Gasteiger partial charge in [0.15, 0.2) is 5.69 Å². The Labute approximate surface area is 160 Å². The molecule has 1 aromatic carbocycles. The molecule has 6 nitrogen and oxygen atoms in total. The average molecular weight is 393 g/mol. The van der Waals surface area contributed by atoms with Gasteiger partial charge in [-0.1, -0.05) is 12.1 Å². The van der Waals surface area contributed by atoms with Crippen molar-refractivity contribution in [2.75, 3.05) is 26.2 Å². The zero-order chi connectivity index (χ0) is 19.7. The number of benzene rings is 1.